The maximum absolute atomic E-state index is 15.5. The van der Waals surface area contributed by atoms with E-state index in [4.69, 9.17) is 4.74 Å². The highest BCUT2D eigenvalue weighted by Crippen LogP contribution is 2.54. The summed E-state index contributed by atoms with van der Waals surface area (Å²) in [5.74, 6) is 1.20. The number of piperazine rings is 1. The van der Waals surface area contributed by atoms with Gasteiger partial charge in [0.2, 0.25) is 0 Å². The number of halogens is 1. The minimum absolute atomic E-state index is 0.0709. The number of carbonyl (C=O) groups is 1. The first kappa shape index (κ1) is 30.6. The predicted molar refractivity (Wildman–Crippen MR) is 188 cm³/mol. The molecule has 254 valence electrons. The van der Waals surface area contributed by atoms with Crippen LogP contribution in [0.5, 0.6) is 0 Å². The van der Waals surface area contributed by atoms with Gasteiger partial charge < -0.3 is 29.0 Å². The number of hydrogen-bond acceptors (Lipinski definition) is 7. The van der Waals surface area contributed by atoms with E-state index in [0.29, 0.717) is 65.7 Å². The topological polar surface area (TPSA) is 87.9 Å². The second kappa shape index (κ2) is 11.8. The molecule has 4 aromatic rings. The molecule has 2 bridgehead atoms. The number of pyridine rings is 2. The Morgan fingerprint density at radius 3 is 2.53 bits per heavy atom. The highest BCUT2D eigenvalue weighted by Gasteiger charge is 2.43. The maximum atomic E-state index is 15.5. The number of rotatable bonds is 7. The second-order valence-electron chi connectivity index (χ2n) is 14.3. The van der Waals surface area contributed by atoms with Crippen molar-refractivity contribution in [1.29, 1.82) is 0 Å². The first-order valence-electron chi connectivity index (χ1n) is 17.7. The van der Waals surface area contributed by atoms with Crippen molar-refractivity contribution >= 4 is 28.8 Å². The van der Waals surface area contributed by atoms with Crippen molar-refractivity contribution in [3.63, 3.8) is 0 Å². The number of anilines is 4. The minimum Gasteiger partial charge on any atom is -0.378 e. The number of nitrogens with zero attached hydrogens (tertiary/aromatic N) is 6. The number of ether oxygens (including phenoxy) is 1. The van der Waals surface area contributed by atoms with E-state index in [2.05, 4.69) is 30.7 Å². The highest BCUT2D eigenvalue weighted by atomic mass is 19.1. The van der Waals surface area contributed by atoms with Gasteiger partial charge in [-0.15, -0.1) is 0 Å². The molecule has 0 spiro atoms. The average Bonchev–Trinajstić information content (AvgIpc) is 3.81. The fourth-order valence-corrected chi connectivity index (χ4v) is 8.97. The van der Waals surface area contributed by atoms with Crippen molar-refractivity contribution in [2.75, 3.05) is 61.1 Å². The number of amides is 1. The molecule has 3 aliphatic heterocycles. The van der Waals surface area contributed by atoms with Crippen LogP contribution in [-0.4, -0.2) is 76.9 Å². The van der Waals surface area contributed by atoms with E-state index in [1.54, 1.807) is 24.2 Å². The Morgan fingerprint density at radius 1 is 0.980 bits per heavy atom. The molecule has 2 aliphatic carbocycles. The van der Waals surface area contributed by atoms with Gasteiger partial charge in [-0.1, -0.05) is 6.92 Å². The van der Waals surface area contributed by atoms with E-state index >= 15 is 4.39 Å². The zero-order valence-corrected chi connectivity index (χ0v) is 28.1. The van der Waals surface area contributed by atoms with Crippen LogP contribution in [0.2, 0.25) is 0 Å². The summed E-state index contributed by atoms with van der Waals surface area (Å²) in [7, 11) is 1.70. The van der Waals surface area contributed by atoms with Crippen LogP contribution in [0, 0.1) is 5.82 Å². The van der Waals surface area contributed by atoms with E-state index in [0.717, 1.165) is 56.3 Å². The highest BCUT2D eigenvalue weighted by molar-refractivity contribution is 6.07. The standard InChI is InChI=1S/C38H42FN7O3/c1-3-29-30(16-26(39)17-33(29)46-13-12-45-34(38(46)48)18-31-23-4-5-24(14-23)36(31)45)25-15-32(37(47)42(2)20-25)41-35-7-6-27(19-40-35)43-8-10-44(11-9-43)28-21-49-22-28/h6-7,15-20,23-24,28H,3-5,8-14,21-22H2,1-2H3,(H,40,41). The van der Waals surface area contributed by atoms with Gasteiger partial charge in [0.25, 0.3) is 11.5 Å². The lowest BCUT2D eigenvalue weighted by atomic mass is 9.95. The van der Waals surface area contributed by atoms with Crippen LogP contribution in [0.15, 0.2) is 53.6 Å². The average molecular weight is 664 g/mol. The number of carbonyl (C=O) groups excluding carboxylic acids is 1. The number of benzene rings is 1. The third kappa shape index (κ3) is 5.08. The first-order chi connectivity index (χ1) is 23.9. The summed E-state index contributed by atoms with van der Waals surface area (Å²) in [4.78, 5) is 38.6. The second-order valence-corrected chi connectivity index (χ2v) is 14.3. The van der Waals surface area contributed by atoms with Gasteiger partial charge >= 0.3 is 0 Å². The van der Waals surface area contributed by atoms with Gasteiger partial charge in [0, 0.05) is 69.7 Å². The quantitative estimate of drug-likeness (QED) is 0.290. The molecule has 5 aliphatic rings. The number of nitrogens with one attached hydrogen (secondary N) is 1. The van der Waals surface area contributed by atoms with Crippen molar-refractivity contribution in [1.82, 2.24) is 19.0 Å². The lowest BCUT2D eigenvalue weighted by molar-refractivity contribution is -0.0660. The summed E-state index contributed by atoms with van der Waals surface area (Å²) < 4.78 is 24.6. The molecule has 1 amide bonds. The number of hydrogen-bond donors (Lipinski definition) is 1. The van der Waals surface area contributed by atoms with Crippen molar-refractivity contribution in [3.8, 4) is 11.1 Å². The molecular formula is C38H42FN7O3. The van der Waals surface area contributed by atoms with Crippen molar-refractivity contribution in [2.45, 2.75) is 57.0 Å². The van der Waals surface area contributed by atoms with Crippen LogP contribution in [0.4, 0.5) is 27.3 Å². The first-order valence-corrected chi connectivity index (χ1v) is 17.7. The van der Waals surface area contributed by atoms with Gasteiger partial charge in [-0.2, -0.15) is 0 Å². The van der Waals surface area contributed by atoms with Gasteiger partial charge in [-0.3, -0.25) is 14.5 Å². The maximum Gasteiger partial charge on any atom is 0.274 e. The van der Waals surface area contributed by atoms with Crippen molar-refractivity contribution < 1.29 is 13.9 Å². The van der Waals surface area contributed by atoms with Crippen LogP contribution < -0.4 is 20.7 Å². The zero-order chi connectivity index (χ0) is 33.4. The van der Waals surface area contributed by atoms with E-state index < -0.39 is 5.82 Å². The minimum atomic E-state index is -0.418. The molecule has 2 unspecified atom stereocenters. The van der Waals surface area contributed by atoms with E-state index in [9.17, 15) is 9.59 Å². The molecule has 6 heterocycles. The Kier molecular flexibility index (Phi) is 7.39. The number of aryl methyl sites for hydroxylation is 1. The molecule has 10 nitrogen and oxygen atoms in total. The van der Waals surface area contributed by atoms with Gasteiger partial charge in [-0.25, -0.2) is 9.37 Å². The summed E-state index contributed by atoms with van der Waals surface area (Å²) in [5, 5.41) is 3.22. The van der Waals surface area contributed by atoms with Gasteiger partial charge in [0.15, 0.2) is 0 Å². The number of fused-ring (bicyclic) bond motifs is 7. The third-order valence-corrected chi connectivity index (χ3v) is 11.6. The molecule has 1 aromatic carbocycles. The Hall–Kier alpha value is -4.48. The smallest absolute Gasteiger partial charge is 0.274 e. The van der Waals surface area contributed by atoms with Crippen LogP contribution in [0.3, 0.4) is 0 Å². The molecule has 1 saturated carbocycles. The summed E-state index contributed by atoms with van der Waals surface area (Å²) in [6.07, 6.45) is 7.80. The van der Waals surface area contributed by atoms with E-state index in [1.807, 2.05) is 25.3 Å². The number of aromatic nitrogens is 3. The molecular weight excluding hydrogens is 621 g/mol. The van der Waals surface area contributed by atoms with Gasteiger partial charge in [0.1, 0.15) is 23.0 Å². The van der Waals surface area contributed by atoms with Crippen LogP contribution in [0.1, 0.15) is 65.3 Å². The van der Waals surface area contributed by atoms with Gasteiger partial charge in [-0.05, 0) is 84.7 Å². The monoisotopic (exact) mass is 663 g/mol. The lowest BCUT2D eigenvalue weighted by Crippen LogP contribution is -2.56. The molecule has 1 N–H and O–H groups in total. The van der Waals surface area contributed by atoms with Crippen molar-refractivity contribution in [3.05, 3.63) is 87.5 Å². The van der Waals surface area contributed by atoms with Crippen LogP contribution >= 0.6 is 0 Å². The van der Waals surface area contributed by atoms with E-state index in [-0.39, 0.29) is 11.5 Å². The SMILES string of the molecule is CCc1c(-c2cc(Nc3ccc(N4CCN(C5COC5)CC4)cn3)c(=O)n(C)c2)cc(F)cc1N1CCn2c(cc3c2C2CCC3C2)C1=O. The summed E-state index contributed by atoms with van der Waals surface area (Å²) in [6.45, 7) is 8.76. The van der Waals surface area contributed by atoms with E-state index in [1.165, 1.54) is 47.2 Å². The summed E-state index contributed by atoms with van der Waals surface area (Å²) in [5.41, 5.74) is 7.45. The fraction of sp³-hybridized carbons (Fsp3) is 0.447. The Balaban J connectivity index is 0.983. The molecule has 49 heavy (non-hydrogen) atoms. The third-order valence-electron chi connectivity index (χ3n) is 11.6. The molecule has 11 heteroatoms. The Bertz CT molecular complexity index is 2010. The lowest BCUT2D eigenvalue weighted by Gasteiger charge is -2.43. The van der Waals surface area contributed by atoms with Crippen LogP contribution in [-0.2, 0) is 24.8 Å². The molecule has 2 saturated heterocycles. The summed E-state index contributed by atoms with van der Waals surface area (Å²) in [6, 6.07) is 11.4. The van der Waals surface area contributed by atoms with Crippen molar-refractivity contribution in [2.24, 2.45) is 7.05 Å². The molecule has 3 aromatic heterocycles. The molecule has 9 rings (SSSR count). The zero-order valence-electron chi connectivity index (χ0n) is 28.1. The molecule has 3 fully saturated rings. The van der Waals surface area contributed by atoms with Gasteiger partial charge in [0.05, 0.1) is 36.8 Å². The Morgan fingerprint density at radius 2 is 1.80 bits per heavy atom. The molecule has 0 radical (unpaired) electrons. The Labute approximate surface area is 285 Å². The largest absolute Gasteiger partial charge is 0.378 e. The fourth-order valence-electron chi connectivity index (χ4n) is 8.97. The van der Waals surface area contributed by atoms with Crippen LogP contribution in [0.25, 0.3) is 11.1 Å². The normalized spacial score (nSPS) is 22.0. The summed E-state index contributed by atoms with van der Waals surface area (Å²) >= 11 is 0. The predicted octanol–water partition coefficient (Wildman–Crippen LogP) is 5.24. The molecule has 2 atom stereocenters.